The Bertz CT molecular complexity index is 62.9. The molecule has 12 heavy (non-hydrogen) atoms. The molecule has 0 unspecified atom stereocenters. The minimum absolute atomic E-state index is 1.09. The van der Waals surface area contributed by atoms with E-state index in [1.165, 1.54) is 19.4 Å². The van der Waals surface area contributed by atoms with Crippen molar-refractivity contribution >= 4 is 0 Å². The summed E-state index contributed by atoms with van der Waals surface area (Å²) in [5.74, 6) is 0. The SMILES string of the molecule is CCC.CCNCCCN(C)C. The van der Waals surface area contributed by atoms with E-state index in [0.717, 1.165) is 13.1 Å². The summed E-state index contributed by atoms with van der Waals surface area (Å²) in [6.45, 7) is 9.81. The summed E-state index contributed by atoms with van der Waals surface area (Å²) in [7, 11) is 4.21. The third-order valence-corrected chi connectivity index (χ3v) is 1.21. The van der Waals surface area contributed by atoms with Crippen molar-refractivity contribution in [2.75, 3.05) is 33.7 Å². The van der Waals surface area contributed by atoms with E-state index < -0.39 is 0 Å². The molecule has 0 saturated heterocycles. The van der Waals surface area contributed by atoms with Crippen LogP contribution in [0.5, 0.6) is 0 Å². The first kappa shape index (κ1) is 14.4. The van der Waals surface area contributed by atoms with Gasteiger partial charge in [-0.2, -0.15) is 0 Å². The topological polar surface area (TPSA) is 15.3 Å². The fraction of sp³-hybridized carbons (Fsp3) is 1.00. The normalized spacial score (nSPS) is 9.50. The average molecular weight is 174 g/mol. The second-order valence-corrected chi connectivity index (χ2v) is 3.22. The molecule has 0 heterocycles. The first-order valence-electron chi connectivity index (χ1n) is 5.04. The third-order valence-electron chi connectivity index (χ3n) is 1.21. The molecule has 1 N–H and O–H groups in total. The lowest BCUT2D eigenvalue weighted by atomic mass is 10.4. The van der Waals surface area contributed by atoms with Crippen LogP contribution in [-0.2, 0) is 0 Å². The zero-order chi connectivity index (χ0) is 9.82. The van der Waals surface area contributed by atoms with Crippen LogP contribution in [0.1, 0.15) is 33.6 Å². The van der Waals surface area contributed by atoms with Gasteiger partial charge in [0.05, 0.1) is 0 Å². The lowest BCUT2D eigenvalue weighted by Crippen LogP contribution is -2.20. The zero-order valence-corrected chi connectivity index (χ0v) is 9.48. The van der Waals surface area contributed by atoms with Gasteiger partial charge in [0, 0.05) is 0 Å². The van der Waals surface area contributed by atoms with Crippen LogP contribution in [0.15, 0.2) is 0 Å². The number of rotatable bonds is 5. The van der Waals surface area contributed by atoms with Gasteiger partial charge in [0.15, 0.2) is 0 Å². The molecule has 0 saturated carbocycles. The molecule has 0 atom stereocenters. The van der Waals surface area contributed by atoms with E-state index in [1.807, 2.05) is 0 Å². The summed E-state index contributed by atoms with van der Waals surface area (Å²) in [5, 5.41) is 3.28. The van der Waals surface area contributed by atoms with Crippen LogP contribution in [0.25, 0.3) is 0 Å². The number of nitrogens with zero attached hydrogens (tertiary/aromatic N) is 1. The summed E-state index contributed by atoms with van der Waals surface area (Å²) < 4.78 is 0. The minimum Gasteiger partial charge on any atom is -0.317 e. The van der Waals surface area contributed by atoms with Crippen LogP contribution in [0.3, 0.4) is 0 Å². The van der Waals surface area contributed by atoms with E-state index in [4.69, 9.17) is 0 Å². The van der Waals surface area contributed by atoms with Crippen molar-refractivity contribution in [2.45, 2.75) is 33.6 Å². The molecule has 0 aromatic carbocycles. The summed E-state index contributed by atoms with van der Waals surface area (Å²) in [6, 6.07) is 0. The summed E-state index contributed by atoms with van der Waals surface area (Å²) >= 11 is 0. The van der Waals surface area contributed by atoms with Crippen molar-refractivity contribution in [1.29, 1.82) is 0 Å². The van der Waals surface area contributed by atoms with Crippen LogP contribution in [-0.4, -0.2) is 38.6 Å². The Labute approximate surface area is 78.3 Å². The van der Waals surface area contributed by atoms with Gasteiger partial charge >= 0.3 is 0 Å². The number of hydrogen-bond acceptors (Lipinski definition) is 2. The van der Waals surface area contributed by atoms with E-state index in [0.29, 0.717) is 0 Å². The molecule has 76 valence electrons. The molecule has 0 rings (SSSR count). The molecule has 0 bridgehead atoms. The Morgan fingerprint density at radius 2 is 1.58 bits per heavy atom. The minimum atomic E-state index is 1.09. The lowest BCUT2D eigenvalue weighted by Gasteiger charge is -2.08. The maximum Gasteiger partial charge on any atom is -0.00127 e. The monoisotopic (exact) mass is 174 g/mol. The molecule has 2 heteroatoms. The van der Waals surface area contributed by atoms with Crippen molar-refractivity contribution in [3.8, 4) is 0 Å². The summed E-state index contributed by atoms with van der Waals surface area (Å²) in [6.07, 6.45) is 2.50. The number of nitrogens with one attached hydrogen (secondary N) is 1. The first-order chi connectivity index (χ1) is 5.68. The molecule has 2 nitrogen and oxygen atoms in total. The van der Waals surface area contributed by atoms with Gasteiger partial charge in [0.1, 0.15) is 0 Å². The largest absolute Gasteiger partial charge is 0.317 e. The maximum absolute atomic E-state index is 3.28. The Kier molecular flexibility index (Phi) is 16.3. The summed E-state index contributed by atoms with van der Waals surface area (Å²) in [4.78, 5) is 2.21. The first-order valence-corrected chi connectivity index (χ1v) is 5.04. The van der Waals surface area contributed by atoms with E-state index >= 15 is 0 Å². The van der Waals surface area contributed by atoms with Gasteiger partial charge in [0.2, 0.25) is 0 Å². The molecule has 0 aromatic heterocycles. The molecule has 0 aliphatic rings. The van der Waals surface area contributed by atoms with Gasteiger partial charge in [-0.1, -0.05) is 27.2 Å². The van der Waals surface area contributed by atoms with Gasteiger partial charge in [-0.05, 0) is 40.2 Å². The summed E-state index contributed by atoms with van der Waals surface area (Å²) in [5.41, 5.74) is 0. The third kappa shape index (κ3) is 22.5. The zero-order valence-electron chi connectivity index (χ0n) is 9.48. The Morgan fingerprint density at radius 3 is 1.92 bits per heavy atom. The van der Waals surface area contributed by atoms with Crippen molar-refractivity contribution in [3.63, 3.8) is 0 Å². The van der Waals surface area contributed by atoms with E-state index in [2.05, 4.69) is 45.1 Å². The van der Waals surface area contributed by atoms with Crippen molar-refractivity contribution < 1.29 is 0 Å². The van der Waals surface area contributed by atoms with Gasteiger partial charge in [-0.3, -0.25) is 0 Å². The van der Waals surface area contributed by atoms with Crippen molar-refractivity contribution in [1.82, 2.24) is 10.2 Å². The molecule has 0 aliphatic carbocycles. The highest BCUT2D eigenvalue weighted by Gasteiger charge is 1.87. The van der Waals surface area contributed by atoms with Crippen LogP contribution >= 0.6 is 0 Å². The highest BCUT2D eigenvalue weighted by atomic mass is 15.0. The van der Waals surface area contributed by atoms with Gasteiger partial charge in [-0.25, -0.2) is 0 Å². The molecule has 0 aliphatic heterocycles. The van der Waals surface area contributed by atoms with Crippen LogP contribution in [0.4, 0.5) is 0 Å². The van der Waals surface area contributed by atoms with Crippen molar-refractivity contribution in [2.24, 2.45) is 0 Å². The Balaban J connectivity index is 0. The van der Waals surface area contributed by atoms with Gasteiger partial charge in [0.25, 0.3) is 0 Å². The highest BCUT2D eigenvalue weighted by Crippen LogP contribution is 1.79. The average Bonchev–Trinajstić information content (AvgIpc) is 1.99. The second-order valence-electron chi connectivity index (χ2n) is 3.22. The molecule has 0 radical (unpaired) electrons. The smallest absolute Gasteiger partial charge is 0.00127 e. The maximum atomic E-state index is 3.28. The van der Waals surface area contributed by atoms with Crippen LogP contribution in [0.2, 0.25) is 0 Å². The molecule has 0 spiro atoms. The standard InChI is InChI=1S/C7H18N2.C3H8/c1-4-8-6-5-7-9(2)3;1-3-2/h8H,4-7H2,1-3H3;3H2,1-2H3. The highest BCUT2D eigenvalue weighted by molar-refractivity contribution is 4.47. The molecular weight excluding hydrogens is 148 g/mol. The molecule has 0 fully saturated rings. The van der Waals surface area contributed by atoms with Crippen molar-refractivity contribution in [3.05, 3.63) is 0 Å². The van der Waals surface area contributed by atoms with Gasteiger partial charge in [-0.15, -0.1) is 0 Å². The van der Waals surface area contributed by atoms with Crippen LogP contribution in [0, 0.1) is 0 Å². The quantitative estimate of drug-likeness (QED) is 0.641. The Morgan fingerprint density at radius 1 is 1.08 bits per heavy atom. The molecule has 0 aromatic rings. The van der Waals surface area contributed by atoms with E-state index in [-0.39, 0.29) is 0 Å². The predicted molar refractivity (Wildman–Crippen MR) is 57.7 cm³/mol. The number of hydrogen-bond donors (Lipinski definition) is 1. The van der Waals surface area contributed by atoms with E-state index in [9.17, 15) is 0 Å². The fourth-order valence-electron chi connectivity index (χ4n) is 0.697. The van der Waals surface area contributed by atoms with E-state index in [1.54, 1.807) is 0 Å². The lowest BCUT2D eigenvalue weighted by molar-refractivity contribution is 0.395. The predicted octanol–water partition coefficient (Wildman–Crippen LogP) is 1.96. The fourth-order valence-corrected chi connectivity index (χ4v) is 0.697. The van der Waals surface area contributed by atoms with Crippen LogP contribution < -0.4 is 5.32 Å². The second kappa shape index (κ2) is 13.5. The molecular formula is C10H26N2. The Hall–Kier alpha value is -0.0800. The molecule has 0 amide bonds. The van der Waals surface area contributed by atoms with Gasteiger partial charge < -0.3 is 10.2 Å².